The Hall–Kier alpha value is -3.11. The number of hydrogen-bond donors (Lipinski definition) is 1. The van der Waals surface area contributed by atoms with E-state index in [0.29, 0.717) is 35.7 Å². The molecule has 0 bridgehead atoms. The lowest BCUT2D eigenvalue weighted by Crippen LogP contribution is -2.35. The van der Waals surface area contributed by atoms with Gasteiger partial charge in [0.1, 0.15) is 5.78 Å². The average molecular weight is 548 g/mol. The quantitative estimate of drug-likeness (QED) is 0.259. The second-order valence-corrected chi connectivity index (χ2v) is 12.1. The first-order valence-corrected chi connectivity index (χ1v) is 13.3. The van der Waals surface area contributed by atoms with Gasteiger partial charge in [-0.15, -0.1) is 11.3 Å². The van der Waals surface area contributed by atoms with Crippen molar-refractivity contribution in [2.45, 2.75) is 38.5 Å². The Morgan fingerprint density at radius 3 is 2.32 bits per heavy atom. The maximum absolute atomic E-state index is 13.8. The maximum Gasteiger partial charge on any atom is 0.304 e. The van der Waals surface area contributed by atoms with Crippen molar-refractivity contribution in [2.75, 3.05) is 41.4 Å². The molecule has 4 rings (SSSR count). The molecule has 0 fully saturated rings. The molecule has 0 radical (unpaired) electrons. The molecule has 0 unspecified atom stereocenters. The van der Waals surface area contributed by atoms with Gasteiger partial charge in [0.05, 0.1) is 63.0 Å². The van der Waals surface area contributed by atoms with Crippen LogP contribution in [-0.2, 0) is 28.9 Å². The van der Waals surface area contributed by atoms with E-state index in [-0.39, 0.29) is 25.0 Å². The van der Waals surface area contributed by atoms with Crippen molar-refractivity contribution in [1.29, 1.82) is 0 Å². The second kappa shape index (κ2) is 10.9. The summed E-state index contributed by atoms with van der Waals surface area (Å²) >= 11 is 1.44. The summed E-state index contributed by atoms with van der Waals surface area (Å²) in [6, 6.07) is 5.86. The summed E-state index contributed by atoms with van der Waals surface area (Å²) in [4.78, 5) is 29.7. The van der Waals surface area contributed by atoms with Crippen molar-refractivity contribution in [2.24, 2.45) is 5.41 Å². The number of quaternary nitrogens is 1. The van der Waals surface area contributed by atoms with Gasteiger partial charge < -0.3 is 19.1 Å². The van der Waals surface area contributed by atoms with Crippen molar-refractivity contribution < 1.29 is 37.4 Å². The van der Waals surface area contributed by atoms with Crippen molar-refractivity contribution in [1.82, 2.24) is 4.98 Å². The van der Waals surface area contributed by atoms with Crippen LogP contribution < -0.4 is 9.47 Å². The van der Waals surface area contributed by atoms with Crippen LogP contribution in [0.15, 0.2) is 24.3 Å². The van der Waals surface area contributed by atoms with Crippen molar-refractivity contribution in [3.8, 4) is 11.5 Å². The molecule has 0 atom stereocenters. The molecule has 1 aliphatic carbocycles. The molecule has 2 aromatic carbocycles. The number of carboxylic acids is 1. The first-order valence-electron chi connectivity index (χ1n) is 12.5. The molecule has 0 amide bonds. The summed E-state index contributed by atoms with van der Waals surface area (Å²) < 4.78 is 40.8. The standard InChI is InChI=1S/C28H32F2N2O5S/c1-32(2,3)8-5-9-37-23-12-21-24(13-22(23)36-4)38-26(31-21)7-6-25(33)28(16-27(34)35)14-17-10-19(29)20(30)11-18(17)15-28/h10-13H,5-9,14-16H2,1-4H3/p+1. The zero-order chi connectivity index (χ0) is 27.7. The van der Waals surface area contributed by atoms with Crippen LogP contribution in [0.5, 0.6) is 11.5 Å². The zero-order valence-electron chi connectivity index (χ0n) is 22.1. The van der Waals surface area contributed by atoms with Crippen LogP contribution in [0.3, 0.4) is 0 Å². The van der Waals surface area contributed by atoms with E-state index in [1.807, 2.05) is 12.1 Å². The molecular weight excluding hydrogens is 514 g/mol. The molecule has 3 aromatic rings. The number of benzene rings is 2. The summed E-state index contributed by atoms with van der Waals surface area (Å²) in [6.45, 7) is 1.52. The minimum absolute atomic E-state index is 0.0799. The van der Waals surface area contributed by atoms with Gasteiger partial charge in [-0.2, -0.15) is 0 Å². The number of fused-ring (bicyclic) bond motifs is 2. The number of aryl methyl sites for hydroxylation is 1. The largest absolute Gasteiger partial charge is 0.493 e. The second-order valence-electron chi connectivity index (χ2n) is 11.0. The Labute approximate surface area is 224 Å². The van der Waals surface area contributed by atoms with E-state index in [9.17, 15) is 23.5 Å². The molecular formula is C28H33F2N2O5S+. The lowest BCUT2D eigenvalue weighted by molar-refractivity contribution is -0.870. The fraction of sp³-hybridized carbons (Fsp3) is 0.464. The fourth-order valence-electron chi connectivity index (χ4n) is 5.03. The van der Waals surface area contributed by atoms with E-state index in [4.69, 9.17) is 9.47 Å². The Bertz CT molecular complexity index is 1330. The van der Waals surface area contributed by atoms with Gasteiger partial charge in [0.15, 0.2) is 23.1 Å². The molecule has 0 saturated carbocycles. The highest BCUT2D eigenvalue weighted by Gasteiger charge is 2.45. The lowest BCUT2D eigenvalue weighted by atomic mass is 9.76. The van der Waals surface area contributed by atoms with Gasteiger partial charge >= 0.3 is 5.97 Å². The highest BCUT2D eigenvalue weighted by atomic mass is 32.1. The normalized spacial score (nSPS) is 14.5. The first-order chi connectivity index (χ1) is 17.9. The van der Waals surface area contributed by atoms with E-state index in [0.717, 1.165) is 44.8 Å². The first kappa shape index (κ1) is 27.9. The number of carbonyl (C=O) groups excluding carboxylic acids is 1. The number of ketones is 1. The maximum atomic E-state index is 13.8. The SMILES string of the molecule is COc1cc2sc(CCC(=O)C3(CC(=O)O)Cc4cc(F)c(F)cc4C3)nc2cc1OCCC[N+](C)(C)C. The van der Waals surface area contributed by atoms with Crippen LogP contribution in [0.1, 0.15) is 35.4 Å². The third-order valence-electron chi connectivity index (χ3n) is 6.90. The number of thiazole rings is 1. The Kier molecular flexibility index (Phi) is 8.04. The van der Waals surface area contributed by atoms with Crippen LogP contribution in [-0.4, -0.2) is 67.7 Å². The van der Waals surface area contributed by atoms with Crippen LogP contribution >= 0.6 is 11.3 Å². The Balaban J connectivity index is 1.47. The van der Waals surface area contributed by atoms with E-state index in [1.165, 1.54) is 11.3 Å². The van der Waals surface area contributed by atoms with Crippen LogP contribution in [0, 0.1) is 17.0 Å². The third kappa shape index (κ3) is 6.30. The van der Waals surface area contributed by atoms with Gasteiger partial charge in [0.25, 0.3) is 0 Å². The number of methoxy groups -OCH3 is 1. The van der Waals surface area contributed by atoms with Crippen molar-refractivity contribution >= 4 is 33.3 Å². The number of ether oxygens (including phenoxy) is 2. The zero-order valence-corrected chi connectivity index (χ0v) is 22.9. The minimum Gasteiger partial charge on any atom is -0.493 e. The summed E-state index contributed by atoms with van der Waals surface area (Å²) in [5.74, 6) is -2.13. The third-order valence-corrected chi connectivity index (χ3v) is 7.97. The molecule has 1 aromatic heterocycles. The van der Waals surface area contributed by atoms with Gasteiger partial charge in [-0.05, 0) is 36.1 Å². The van der Waals surface area contributed by atoms with Gasteiger partial charge in [-0.1, -0.05) is 0 Å². The van der Waals surface area contributed by atoms with Crippen molar-refractivity contribution in [3.63, 3.8) is 0 Å². The van der Waals surface area contributed by atoms with Crippen LogP contribution in [0.4, 0.5) is 8.78 Å². The molecule has 7 nitrogen and oxygen atoms in total. The molecule has 38 heavy (non-hydrogen) atoms. The Morgan fingerprint density at radius 2 is 1.74 bits per heavy atom. The topological polar surface area (TPSA) is 85.7 Å². The number of carbonyl (C=O) groups is 2. The molecule has 1 N–H and O–H groups in total. The predicted molar refractivity (Wildman–Crippen MR) is 141 cm³/mol. The van der Waals surface area contributed by atoms with E-state index < -0.39 is 29.4 Å². The van der Waals surface area contributed by atoms with E-state index in [1.54, 1.807) is 7.11 Å². The number of aromatic nitrogens is 1. The Morgan fingerprint density at radius 1 is 1.08 bits per heavy atom. The minimum atomic E-state index is -1.22. The number of carboxylic acid groups (broad SMARTS) is 1. The van der Waals surface area contributed by atoms with Crippen LogP contribution in [0.25, 0.3) is 10.2 Å². The molecule has 204 valence electrons. The average Bonchev–Trinajstić information content (AvgIpc) is 3.39. The lowest BCUT2D eigenvalue weighted by Gasteiger charge is -2.25. The molecule has 0 saturated heterocycles. The highest BCUT2D eigenvalue weighted by molar-refractivity contribution is 7.18. The highest BCUT2D eigenvalue weighted by Crippen LogP contribution is 2.43. The van der Waals surface area contributed by atoms with Crippen molar-refractivity contribution in [3.05, 3.63) is 52.0 Å². The summed E-state index contributed by atoms with van der Waals surface area (Å²) in [5.41, 5.74) is 0.486. The molecule has 0 spiro atoms. The fourth-order valence-corrected chi connectivity index (χ4v) is 6.01. The molecule has 1 heterocycles. The molecule has 10 heteroatoms. The number of halogens is 2. The van der Waals surface area contributed by atoms with Crippen LogP contribution in [0.2, 0.25) is 0 Å². The van der Waals surface area contributed by atoms with Gasteiger partial charge in [0.2, 0.25) is 0 Å². The molecule has 0 aliphatic heterocycles. The smallest absolute Gasteiger partial charge is 0.304 e. The van der Waals surface area contributed by atoms with Gasteiger partial charge in [0, 0.05) is 36.8 Å². The number of aliphatic carboxylic acids is 1. The number of rotatable bonds is 12. The van der Waals surface area contributed by atoms with E-state index in [2.05, 4.69) is 26.1 Å². The summed E-state index contributed by atoms with van der Waals surface area (Å²) in [7, 11) is 7.97. The van der Waals surface area contributed by atoms with E-state index >= 15 is 0 Å². The number of Topliss-reactive ketones (excluding diaryl/α,β-unsaturated/α-hetero) is 1. The summed E-state index contributed by atoms with van der Waals surface area (Å²) in [6.07, 6.45) is 1.07. The molecule has 1 aliphatic rings. The summed E-state index contributed by atoms with van der Waals surface area (Å²) in [5, 5.41) is 10.2. The van der Waals surface area contributed by atoms with Gasteiger partial charge in [-0.3, -0.25) is 9.59 Å². The van der Waals surface area contributed by atoms with Gasteiger partial charge in [-0.25, -0.2) is 13.8 Å². The monoisotopic (exact) mass is 547 g/mol. The number of nitrogens with zero attached hydrogens (tertiary/aromatic N) is 2. The predicted octanol–water partition coefficient (Wildman–Crippen LogP) is 4.82. The number of hydrogen-bond acceptors (Lipinski definition) is 6.